The van der Waals surface area contributed by atoms with Gasteiger partial charge in [0.2, 0.25) is 11.1 Å². The van der Waals surface area contributed by atoms with Gasteiger partial charge in [-0.3, -0.25) is 4.79 Å². The van der Waals surface area contributed by atoms with Gasteiger partial charge >= 0.3 is 0 Å². The van der Waals surface area contributed by atoms with Crippen molar-refractivity contribution in [3.05, 3.63) is 52.5 Å². The van der Waals surface area contributed by atoms with Crippen LogP contribution in [0.15, 0.2) is 47.6 Å². The summed E-state index contributed by atoms with van der Waals surface area (Å²) in [6.45, 7) is 3.73. The Hall–Kier alpha value is -2.33. The molecule has 1 fully saturated rings. The number of tetrazole rings is 1. The topological polar surface area (TPSA) is 79.2 Å². The molecule has 162 valence electrons. The number of benzene rings is 2. The van der Waals surface area contributed by atoms with Crippen molar-refractivity contribution < 1.29 is 4.79 Å². The van der Waals surface area contributed by atoms with E-state index in [2.05, 4.69) is 37.7 Å². The standard InChI is InChI=1S/C20H21Cl2N7OS/c1-27-8-10-28(11-9-27)18-7-4-15(22)12-17(18)23-19(30)13-31-20-24-25-26-29(20)16-5-2-14(21)3-6-16/h2-7,12H,8-11,13H2,1H3,(H,23,30). The Balaban J connectivity index is 1.43. The van der Waals surface area contributed by atoms with Crippen molar-refractivity contribution in [3.63, 3.8) is 0 Å². The van der Waals surface area contributed by atoms with Gasteiger partial charge in [-0.25, -0.2) is 0 Å². The molecule has 0 saturated carbocycles. The third-order valence-corrected chi connectivity index (χ3v) is 6.33. The van der Waals surface area contributed by atoms with Gasteiger partial charge < -0.3 is 15.1 Å². The minimum absolute atomic E-state index is 0.155. The van der Waals surface area contributed by atoms with Crippen LogP contribution in [0.4, 0.5) is 11.4 Å². The van der Waals surface area contributed by atoms with Crippen molar-refractivity contribution >= 4 is 52.2 Å². The van der Waals surface area contributed by atoms with Crippen LogP contribution in [-0.2, 0) is 4.79 Å². The fraction of sp³-hybridized carbons (Fsp3) is 0.300. The summed E-state index contributed by atoms with van der Waals surface area (Å²) in [6, 6.07) is 12.7. The van der Waals surface area contributed by atoms with Crippen LogP contribution in [0.25, 0.3) is 5.69 Å². The maximum atomic E-state index is 12.7. The van der Waals surface area contributed by atoms with Crippen LogP contribution in [0.5, 0.6) is 0 Å². The lowest BCUT2D eigenvalue weighted by Gasteiger charge is -2.35. The first-order chi connectivity index (χ1) is 15.0. The average molecular weight is 478 g/mol. The zero-order valence-electron chi connectivity index (χ0n) is 16.8. The summed E-state index contributed by atoms with van der Waals surface area (Å²) in [7, 11) is 2.11. The number of thioether (sulfide) groups is 1. The van der Waals surface area contributed by atoms with Gasteiger partial charge in [0.25, 0.3) is 0 Å². The molecule has 0 unspecified atom stereocenters. The number of carbonyl (C=O) groups excluding carboxylic acids is 1. The fourth-order valence-electron chi connectivity index (χ4n) is 3.26. The van der Waals surface area contributed by atoms with Gasteiger partial charge in [0.15, 0.2) is 0 Å². The van der Waals surface area contributed by atoms with Gasteiger partial charge in [-0.2, -0.15) is 4.68 Å². The number of hydrogen-bond donors (Lipinski definition) is 1. The van der Waals surface area contributed by atoms with Gasteiger partial charge in [0, 0.05) is 36.2 Å². The van der Waals surface area contributed by atoms with Crippen molar-refractivity contribution in [1.82, 2.24) is 25.1 Å². The molecule has 1 aliphatic heterocycles. The van der Waals surface area contributed by atoms with Crippen LogP contribution in [0.2, 0.25) is 10.0 Å². The van der Waals surface area contributed by atoms with Crippen LogP contribution in [0.3, 0.4) is 0 Å². The molecule has 31 heavy (non-hydrogen) atoms. The number of hydrogen-bond acceptors (Lipinski definition) is 7. The van der Waals surface area contributed by atoms with E-state index in [1.807, 2.05) is 24.3 Å². The molecule has 1 aliphatic rings. The smallest absolute Gasteiger partial charge is 0.234 e. The normalized spacial score (nSPS) is 14.6. The molecule has 1 N–H and O–H groups in total. The number of amides is 1. The summed E-state index contributed by atoms with van der Waals surface area (Å²) in [5.41, 5.74) is 2.45. The van der Waals surface area contributed by atoms with E-state index in [9.17, 15) is 4.79 Å². The molecule has 4 rings (SSSR count). The van der Waals surface area contributed by atoms with Crippen LogP contribution in [-0.4, -0.2) is 70.0 Å². The predicted octanol–water partition coefficient (Wildman–Crippen LogP) is 3.45. The lowest BCUT2D eigenvalue weighted by atomic mass is 10.2. The zero-order valence-corrected chi connectivity index (χ0v) is 19.2. The fourth-order valence-corrected chi connectivity index (χ4v) is 4.25. The minimum atomic E-state index is -0.159. The highest BCUT2D eigenvalue weighted by Crippen LogP contribution is 2.30. The number of nitrogens with zero attached hydrogens (tertiary/aromatic N) is 6. The Morgan fingerprint density at radius 1 is 1.06 bits per heavy atom. The number of carbonyl (C=O) groups is 1. The molecule has 0 radical (unpaired) electrons. The van der Waals surface area contributed by atoms with Crippen LogP contribution in [0, 0.1) is 0 Å². The molecule has 2 aromatic carbocycles. The molecule has 3 aromatic rings. The number of rotatable bonds is 6. The number of likely N-dealkylation sites (N-methyl/N-ethyl adjacent to an activating group) is 1. The number of nitrogens with one attached hydrogen (secondary N) is 1. The molecule has 2 heterocycles. The van der Waals surface area contributed by atoms with E-state index >= 15 is 0 Å². The minimum Gasteiger partial charge on any atom is -0.367 e. The highest BCUT2D eigenvalue weighted by molar-refractivity contribution is 7.99. The van der Waals surface area contributed by atoms with Crippen LogP contribution >= 0.6 is 35.0 Å². The SMILES string of the molecule is CN1CCN(c2ccc(Cl)cc2NC(=O)CSc2nnnn2-c2ccc(Cl)cc2)CC1. The molecule has 1 saturated heterocycles. The van der Waals surface area contributed by atoms with E-state index in [1.54, 1.807) is 22.9 Å². The van der Waals surface area contributed by atoms with Crippen molar-refractivity contribution in [2.75, 3.05) is 49.2 Å². The van der Waals surface area contributed by atoms with Crippen LogP contribution < -0.4 is 10.2 Å². The Morgan fingerprint density at radius 3 is 2.52 bits per heavy atom. The maximum absolute atomic E-state index is 12.7. The molecule has 0 atom stereocenters. The highest BCUT2D eigenvalue weighted by Gasteiger charge is 2.19. The highest BCUT2D eigenvalue weighted by atomic mass is 35.5. The Kier molecular flexibility index (Phi) is 6.96. The predicted molar refractivity (Wildman–Crippen MR) is 125 cm³/mol. The Morgan fingerprint density at radius 2 is 1.77 bits per heavy atom. The lowest BCUT2D eigenvalue weighted by molar-refractivity contribution is -0.113. The number of halogens is 2. The zero-order chi connectivity index (χ0) is 21.8. The first-order valence-electron chi connectivity index (χ1n) is 9.69. The maximum Gasteiger partial charge on any atom is 0.234 e. The second kappa shape index (κ2) is 9.86. The third-order valence-electron chi connectivity index (χ3n) is 4.92. The lowest BCUT2D eigenvalue weighted by Crippen LogP contribution is -2.44. The van der Waals surface area contributed by atoms with E-state index < -0.39 is 0 Å². The van der Waals surface area contributed by atoms with E-state index in [4.69, 9.17) is 23.2 Å². The molecule has 1 aromatic heterocycles. The van der Waals surface area contributed by atoms with E-state index in [-0.39, 0.29) is 11.7 Å². The molecule has 1 amide bonds. The molecule has 0 aliphatic carbocycles. The summed E-state index contributed by atoms with van der Waals surface area (Å²) in [5, 5.41) is 16.5. The quantitative estimate of drug-likeness (QED) is 0.544. The van der Waals surface area contributed by atoms with Gasteiger partial charge in [0.1, 0.15) is 0 Å². The van der Waals surface area contributed by atoms with E-state index in [0.717, 1.165) is 37.6 Å². The first-order valence-corrected chi connectivity index (χ1v) is 11.4. The largest absolute Gasteiger partial charge is 0.367 e. The summed E-state index contributed by atoms with van der Waals surface area (Å²) in [4.78, 5) is 17.2. The number of aromatic nitrogens is 4. The molecular weight excluding hydrogens is 457 g/mol. The Labute approximate surface area is 194 Å². The molecule has 11 heteroatoms. The molecular formula is C20H21Cl2N7OS. The van der Waals surface area contributed by atoms with Crippen molar-refractivity contribution in [2.45, 2.75) is 5.16 Å². The van der Waals surface area contributed by atoms with Gasteiger partial charge in [-0.1, -0.05) is 35.0 Å². The number of piperazine rings is 1. The Bertz CT molecular complexity index is 1050. The summed E-state index contributed by atoms with van der Waals surface area (Å²) in [5.74, 6) is -0.00357. The van der Waals surface area contributed by atoms with Gasteiger partial charge in [-0.05, 0) is 59.9 Å². The summed E-state index contributed by atoms with van der Waals surface area (Å²) < 4.78 is 1.57. The molecule has 8 nitrogen and oxygen atoms in total. The monoisotopic (exact) mass is 477 g/mol. The van der Waals surface area contributed by atoms with E-state index in [1.165, 1.54) is 11.8 Å². The van der Waals surface area contributed by atoms with Crippen molar-refractivity contribution in [2.24, 2.45) is 0 Å². The van der Waals surface area contributed by atoms with Crippen molar-refractivity contribution in [3.8, 4) is 5.69 Å². The van der Waals surface area contributed by atoms with Gasteiger partial charge in [0.05, 0.1) is 22.8 Å². The summed E-state index contributed by atoms with van der Waals surface area (Å²) >= 11 is 13.4. The van der Waals surface area contributed by atoms with Gasteiger partial charge in [-0.15, -0.1) is 5.10 Å². The second-order valence-corrected chi connectivity index (χ2v) is 8.95. The summed E-state index contributed by atoms with van der Waals surface area (Å²) in [6.07, 6.45) is 0. The molecule has 0 spiro atoms. The van der Waals surface area contributed by atoms with Crippen LogP contribution in [0.1, 0.15) is 0 Å². The van der Waals surface area contributed by atoms with E-state index in [0.29, 0.717) is 20.9 Å². The second-order valence-electron chi connectivity index (χ2n) is 7.14. The average Bonchev–Trinajstić information content (AvgIpc) is 3.22. The third kappa shape index (κ3) is 5.48. The van der Waals surface area contributed by atoms with Crippen molar-refractivity contribution in [1.29, 1.82) is 0 Å². The molecule has 0 bridgehead atoms. The first kappa shape index (κ1) is 21.9. The number of anilines is 2.